The minimum Gasteiger partial charge on any atom is -0.314 e. The molecule has 0 spiro atoms. The zero-order chi connectivity index (χ0) is 14.2. The van der Waals surface area contributed by atoms with Gasteiger partial charge in [-0.2, -0.15) is 0 Å². The second kappa shape index (κ2) is 5.69. The van der Waals surface area contributed by atoms with Crippen molar-refractivity contribution in [2.45, 2.75) is 50.6 Å². The molecule has 1 aromatic carbocycles. The molecule has 1 aromatic rings. The van der Waals surface area contributed by atoms with Crippen molar-refractivity contribution >= 4 is 0 Å². The van der Waals surface area contributed by atoms with Crippen molar-refractivity contribution < 1.29 is 4.39 Å². The molecule has 1 saturated carbocycles. The summed E-state index contributed by atoms with van der Waals surface area (Å²) >= 11 is 0. The number of piperidine rings is 1. The van der Waals surface area contributed by atoms with Gasteiger partial charge >= 0.3 is 0 Å². The second-order valence-corrected chi connectivity index (χ2v) is 7.02. The maximum atomic E-state index is 13.8. The second-order valence-electron chi connectivity index (χ2n) is 7.02. The lowest BCUT2D eigenvalue weighted by Gasteiger charge is -2.36. The number of halogens is 1. The summed E-state index contributed by atoms with van der Waals surface area (Å²) in [6.45, 7) is 3.54. The van der Waals surface area contributed by atoms with Crippen molar-refractivity contribution in [2.75, 3.05) is 19.6 Å². The van der Waals surface area contributed by atoms with Crippen LogP contribution in [0.5, 0.6) is 0 Å². The van der Waals surface area contributed by atoms with E-state index in [1.807, 2.05) is 6.07 Å². The van der Waals surface area contributed by atoms with E-state index in [0.29, 0.717) is 12.1 Å². The average Bonchev–Trinajstić information content (AvgIpc) is 3.24. The Kier molecular flexibility index (Phi) is 3.72. The van der Waals surface area contributed by atoms with Crippen molar-refractivity contribution in [3.63, 3.8) is 0 Å². The van der Waals surface area contributed by atoms with Crippen LogP contribution in [0.1, 0.15) is 49.3 Å². The van der Waals surface area contributed by atoms with Crippen LogP contribution in [0.2, 0.25) is 0 Å². The summed E-state index contributed by atoms with van der Waals surface area (Å²) in [5.74, 6) is 0.962. The number of hydrogen-bond donors (Lipinski definition) is 1. The van der Waals surface area contributed by atoms with E-state index in [0.717, 1.165) is 37.4 Å². The molecule has 2 aliphatic carbocycles. The molecule has 3 aliphatic rings. The predicted molar refractivity (Wildman–Crippen MR) is 82.8 cm³/mol. The molecular weight excluding hydrogens is 263 g/mol. The topological polar surface area (TPSA) is 15.3 Å². The van der Waals surface area contributed by atoms with Gasteiger partial charge in [0, 0.05) is 25.2 Å². The number of likely N-dealkylation sites (tertiary alicyclic amines) is 1. The first-order chi connectivity index (χ1) is 10.3. The van der Waals surface area contributed by atoms with Crippen LogP contribution in [-0.2, 0) is 6.42 Å². The number of nitrogens with zero attached hydrogens (tertiary/aromatic N) is 1. The fraction of sp³-hybridized carbons (Fsp3) is 0.667. The maximum Gasteiger partial charge on any atom is 0.126 e. The fourth-order valence-electron chi connectivity index (χ4n) is 4.04. The van der Waals surface area contributed by atoms with E-state index < -0.39 is 0 Å². The van der Waals surface area contributed by atoms with Gasteiger partial charge in [-0.05, 0) is 68.2 Å². The zero-order valence-corrected chi connectivity index (χ0v) is 12.7. The van der Waals surface area contributed by atoms with Crippen LogP contribution in [0.4, 0.5) is 4.39 Å². The summed E-state index contributed by atoms with van der Waals surface area (Å²) in [6.07, 6.45) is 7.34. The van der Waals surface area contributed by atoms with Crippen molar-refractivity contribution in [3.8, 4) is 0 Å². The lowest BCUT2D eigenvalue weighted by molar-refractivity contribution is 0.142. The molecule has 0 bridgehead atoms. The highest BCUT2D eigenvalue weighted by atomic mass is 19.1. The Bertz CT molecular complexity index is 504. The first-order valence-corrected chi connectivity index (χ1v) is 8.56. The molecule has 2 fully saturated rings. The van der Waals surface area contributed by atoms with Gasteiger partial charge in [0.2, 0.25) is 0 Å². The van der Waals surface area contributed by atoms with Gasteiger partial charge in [0.05, 0.1) is 0 Å². The summed E-state index contributed by atoms with van der Waals surface area (Å²) in [4.78, 5) is 2.58. The third-order valence-electron chi connectivity index (χ3n) is 5.54. The van der Waals surface area contributed by atoms with E-state index in [4.69, 9.17) is 0 Å². The van der Waals surface area contributed by atoms with E-state index >= 15 is 0 Å². The number of hydrogen-bond acceptors (Lipinski definition) is 2. The first kappa shape index (κ1) is 13.7. The van der Waals surface area contributed by atoms with Gasteiger partial charge in [-0.3, -0.25) is 4.90 Å². The van der Waals surface area contributed by atoms with Crippen molar-refractivity contribution in [1.82, 2.24) is 10.2 Å². The molecule has 1 saturated heterocycles. The molecule has 0 radical (unpaired) electrons. The third kappa shape index (κ3) is 2.86. The minimum absolute atomic E-state index is 0.00372. The van der Waals surface area contributed by atoms with Crippen LogP contribution >= 0.6 is 0 Å². The Morgan fingerprint density at radius 2 is 1.90 bits per heavy atom. The fourth-order valence-corrected chi connectivity index (χ4v) is 4.04. The Morgan fingerprint density at radius 1 is 1.10 bits per heavy atom. The smallest absolute Gasteiger partial charge is 0.126 e. The van der Waals surface area contributed by atoms with Crippen LogP contribution in [0, 0.1) is 11.7 Å². The molecule has 1 N–H and O–H groups in total. The third-order valence-corrected chi connectivity index (χ3v) is 5.54. The Labute approximate surface area is 126 Å². The van der Waals surface area contributed by atoms with Crippen molar-refractivity contribution in [3.05, 3.63) is 35.1 Å². The normalized spacial score (nSPS) is 27.0. The van der Waals surface area contributed by atoms with Gasteiger partial charge in [-0.1, -0.05) is 12.1 Å². The summed E-state index contributed by atoms with van der Waals surface area (Å²) in [5, 5.41) is 3.74. The highest BCUT2D eigenvalue weighted by molar-refractivity contribution is 5.35. The van der Waals surface area contributed by atoms with Gasteiger partial charge < -0.3 is 5.32 Å². The molecule has 1 unspecified atom stereocenters. The van der Waals surface area contributed by atoms with E-state index in [1.165, 1.54) is 37.8 Å². The standard InChI is InChI=1S/C18H25FN2/c19-17-3-1-2-16-15(17)6-7-18(16)21-10-8-14(9-11-21)20-12-13-4-5-13/h1-3,13-14,18,20H,4-12H2. The van der Waals surface area contributed by atoms with Crippen molar-refractivity contribution in [2.24, 2.45) is 5.92 Å². The molecule has 2 nitrogen and oxygen atoms in total. The molecule has 1 heterocycles. The van der Waals surface area contributed by atoms with Gasteiger partial charge in [0.15, 0.2) is 0 Å². The molecule has 21 heavy (non-hydrogen) atoms. The highest BCUT2D eigenvalue weighted by Crippen LogP contribution is 2.38. The zero-order valence-electron chi connectivity index (χ0n) is 12.7. The molecule has 0 aromatic heterocycles. The van der Waals surface area contributed by atoms with Crippen LogP contribution in [0.25, 0.3) is 0 Å². The largest absolute Gasteiger partial charge is 0.314 e. The van der Waals surface area contributed by atoms with E-state index in [9.17, 15) is 4.39 Å². The lowest BCUT2D eigenvalue weighted by atomic mass is 10.00. The first-order valence-electron chi connectivity index (χ1n) is 8.56. The van der Waals surface area contributed by atoms with Gasteiger partial charge in [-0.15, -0.1) is 0 Å². The van der Waals surface area contributed by atoms with E-state index in [1.54, 1.807) is 6.07 Å². The average molecular weight is 288 g/mol. The molecule has 4 rings (SSSR count). The number of benzene rings is 1. The summed E-state index contributed by atoms with van der Waals surface area (Å²) in [6, 6.07) is 6.77. The highest BCUT2D eigenvalue weighted by Gasteiger charge is 2.32. The number of fused-ring (bicyclic) bond motifs is 1. The molecule has 1 aliphatic heterocycles. The van der Waals surface area contributed by atoms with Crippen LogP contribution < -0.4 is 5.32 Å². The van der Waals surface area contributed by atoms with Gasteiger partial charge in [0.1, 0.15) is 5.82 Å². The number of nitrogens with one attached hydrogen (secondary N) is 1. The minimum atomic E-state index is -0.00372. The molecular formula is C18H25FN2. The lowest BCUT2D eigenvalue weighted by Crippen LogP contribution is -2.44. The monoisotopic (exact) mass is 288 g/mol. The van der Waals surface area contributed by atoms with Crippen LogP contribution in [0.15, 0.2) is 18.2 Å². The molecule has 114 valence electrons. The van der Waals surface area contributed by atoms with Crippen LogP contribution in [0.3, 0.4) is 0 Å². The Hall–Kier alpha value is -0.930. The molecule has 3 heteroatoms. The molecule has 1 atom stereocenters. The van der Waals surface area contributed by atoms with E-state index in [2.05, 4.69) is 16.3 Å². The predicted octanol–water partition coefficient (Wildman–Crippen LogP) is 3.28. The SMILES string of the molecule is Fc1cccc2c1CCC2N1CCC(NCC2CC2)CC1. The quantitative estimate of drug-likeness (QED) is 0.914. The summed E-state index contributed by atoms with van der Waals surface area (Å²) < 4.78 is 13.8. The maximum absolute atomic E-state index is 13.8. The van der Waals surface area contributed by atoms with Crippen molar-refractivity contribution in [1.29, 1.82) is 0 Å². The van der Waals surface area contributed by atoms with Gasteiger partial charge in [0.25, 0.3) is 0 Å². The summed E-state index contributed by atoms with van der Waals surface area (Å²) in [5.41, 5.74) is 2.22. The number of rotatable bonds is 4. The molecule has 0 amide bonds. The van der Waals surface area contributed by atoms with Crippen LogP contribution in [-0.4, -0.2) is 30.6 Å². The van der Waals surface area contributed by atoms with Gasteiger partial charge in [-0.25, -0.2) is 4.39 Å². The summed E-state index contributed by atoms with van der Waals surface area (Å²) in [7, 11) is 0. The Balaban J connectivity index is 1.35. The van der Waals surface area contributed by atoms with E-state index in [-0.39, 0.29) is 5.82 Å². The Morgan fingerprint density at radius 3 is 2.67 bits per heavy atom.